The number of primary amides is 1. The maximum atomic E-state index is 11.5. The number of nitrogens with zero attached hydrogens (tertiary/aromatic N) is 1. The van der Waals surface area contributed by atoms with Gasteiger partial charge < -0.3 is 10.6 Å². The Morgan fingerprint density at radius 1 is 1.15 bits per heavy atom. The smallest absolute Gasteiger partial charge is 0.225 e. The summed E-state index contributed by atoms with van der Waals surface area (Å²) in [4.78, 5) is 24.2. The van der Waals surface area contributed by atoms with Crippen molar-refractivity contribution >= 4 is 11.8 Å². The van der Waals surface area contributed by atoms with Crippen molar-refractivity contribution in [2.75, 3.05) is 13.1 Å². The van der Waals surface area contributed by atoms with Gasteiger partial charge in [-0.3, -0.25) is 9.59 Å². The molecule has 1 aliphatic heterocycles. The maximum absolute atomic E-state index is 11.5. The lowest BCUT2D eigenvalue weighted by molar-refractivity contribution is -0.129. The highest BCUT2D eigenvalue weighted by Crippen LogP contribution is 2.32. The van der Waals surface area contributed by atoms with E-state index in [1.165, 1.54) is 0 Å². The minimum Gasteiger partial charge on any atom is -0.369 e. The normalized spacial score (nSPS) is 31.8. The van der Waals surface area contributed by atoms with Gasteiger partial charge in [0, 0.05) is 24.9 Å². The Balaban J connectivity index is 1.90. The Morgan fingerprint density at radius 3 is 2.23 bits per heavy atom. The minimum absolute atomic E-state index is 0.0612. The number of hydrogen-bond donors (Lipinski definition) is 1. The summed E-state index contributed by atoms with van der Waals surface area (Å²) in [5.74, 6) is -0.0150. The maximum Gasteiger partial charge on any atom is 0.225 e. The fourth-order valence-electron chi connectivity index (χ4n) is 1.99. The zero-order valence-electron chi connectivity index (χ0n) is 7.53. The highest BCUT2D eigenvalue weighted by molar-refractivity contribution is 5.83. The van der Waals surface area contributed by atoms with Crippen LogP contribution in [0.5, 0.6) is 0 Å². The Labute approximate surface area is 77.1 Å². The third-order valence-electron chi connectivity index (χ3n) is 2.94. The van der Waals surface area contributed by atoms with Gasteiger partial charge in [0.25, 0.3) is 0 Å². The number of nitrogens with two attached hydrogens (primary N) is 1. The molecule has 0 unspecified atom stereocenters. The molecule has 13 heavy (non-hydrogen) atoms. The molecule has 0 aromatic heterocycles. The molecule has 4 nitrogen and oxygen atoms in total. The van der Waals surface area contributed by atoms with Crippen LogP contribution < -0.4 is 5.73 Å². The molecule has 0 radical (unpaired) electrons. The summed E-state index contributed by atoms with van der Waals surface area (Å²) < 4.78 is 0. The van der Waals surface area contributed by atoms with Crippen LogP contribution in [0.15, 0.2) is 0 Å². The van der Waals surface area contributed by atoms with Crippen molar-refractivity contribution in [1.29, 1.82) is 0 Å². The van der Waals surface area contributed by atoms with Crippen LogP contribution in [0.2, 0.25) is 0 Å². The Bertz CT molecular complexity index is 248. The van der Waals surface area contributed by atoms with Gasteiger partial charge in [0.1, 0.15) is 0 Å². The van der Waals surface area contributed by atoms with Gasteiger partial charge in [0.2, 0.25) is 11.8 Å². The van der Waals surface area contributed by atoms with Crippen molar-refractivity contribution in [1.82, 2.24) is 4.90 Å². The van der Waals surface area contributed by atoms with Gasteiger partial charge in [-0.2, -0.15) is 0 Å². The molecule has 0 aromatic carbocycles. The van der Waals surface area contributed by atoms with Crippen molar-refractivity contribution in [3.05, 3.63) is 0 Å². The van der Waals surface area contributed by atoms with Crippen LogP contribution in [0.1, 0.15) is 19.3 Å². The van der Waals surface area contributed by atoms with Crippen LogP contribution in [0.3, 0.4) is 0 Å². The summed E-state index contributed by atoms with van der Waals surface area (Å²) in [5.41, 5.74) is 5.19. The number of hydrogen-bond acceptors (Lipinski definition) is 2. The van der Waals surface area contributed by atoms with Gasteiger partial charge >= 0.3 is 0 Å². The summed E-state index contributed by atoms with van der Waals surface area (Å²) in [7, 11) is 0. The molecule has 2 N–H and O–H groups in total. The van der Waals surface area contributed by atoms with E-state index in [9.17, 15) is 9.59 Å². The van der Waals surface area contributed by atoms with E-state index in [4.69, 9.17) is 5.73 Å². The average Bonchev–Trinajstić information content (AvgIpc) is 2.81. The lowest BCUT2D eigenvalue weighted by Crippen LogP contribution is -2.24. The molecule has 1 saturated heterocycles. The fraction of sp³-hybridized carbons (Fsp3) is 0.778. The second-order valence-corrected chi connectivity index (χ2v) is 3.93. The van der Waals surface area contributed by atoms with Crippen molar-refractivity contribution in [2.24, 2.45) is 17.6 Å². The van der Waals surface area contributed by atoms with Crippen molar-refractivity contribution in [2.45, 2.75) is 19.3 Å². The lowest BCUT2D eigenvalue weighted by Gasteiger charge is -2.08. The largest absolute Gasteiger partial charge is 0.369 e. The predicted molar refractivity (Wildman–Crippen MR) is 46.6 cm³/mol. The molecule has 1 heterocycles. The fourth-order valence-corrected chi connectivity index (χ4v) is 1.99. The first-order valence-electron chi connectivity index (χ1n) is 4.76. The van der Waals surface area contributed by atoms with Crippen LogP contribution in [0.25, 0.3) is 0 Å². The third-order valence-corrected chi connectivity index (χ3v) is 2.94. The van der Waals surface area contributed by atoms with Crippen molar-refractivity contribution in [3.8, 4) is 0 Å². The quantitative estimate of drug-likeness (QED) is 0.597. The zero-order chi connectivity index (χ0) is 9.42. The molecule has 4 heteroatoms. The van der Waals surface area contributed by atoms with Gasteiger partial charge in [0.15, 0.2) is 0 Å². The SMILES string of the molecule is NC(=O)[C@@H]1CC[C@H](C(=O)N2CC2)C1. The summed E-state index contributed by atoms with van der Waals surface area (Å²) >= 11 is 0. The molecular formula is C9H14N2O2. The standard InChI is InChI=1S/C9H14N2O2/c10-8(12)6-1-2-7(5-6)9(13)11-3-4-11/h6-7H,1-5H2,(H2,10,12)/t6-,7+/m1/s1. The lowest BCUT2D eigenvalue weighted by atomic mass is 10.0. The number of carbonyl (C=O) groups excluding carboxylic acids is 2. The molecule has 2 rings (SSSR count). The van der Waals surface area contributed by atoms with E-state index in [0.29, 0.717) is 6.42 Å². The van der Waals surface area contributed by atoms with Gasteiger partial charge in [-0.15, -0.1) is 0 Å². The van der Waals surface area contributed by atoms with Crippen LogP contribution in [-0.2, 0) is 9.59 Å². The first kappa shape index (κ1) is 8.53. The number of rotatable bonds is 2. The molecule has 72 valence electrons. The van der Waals surface area contributed by atoms with E-state index in [0.717, 1.165) is 25.9 Å². The monoisotopic (exact) mass is 182 g/mol. The predicted octanol–water partition coefficient (Wildman–Crippen LogP) is -0.270. The Kier molecular flexibility index (Phi) is 1.98. The minimum atomic E-state index is -0.249. The van der Waals surface area contributed by atoms with Crippen LogP contribution in [-0.4, -0.2) is 29.8 Å². The molecule has 2 amide bonds. The highest BCUT2D eigenvalue weighted by Gasteiger charge is 2.37. The van der Waals surface area contributed by atoms with Crippen LogP contribution >= 0.6 is 0 Å². The van der Waals surface area contributed by atoms with Crippen molar-refractivity contribution < 1.29 is 9.59 Å². The van der Waals surface area contributed by atoms with Gasteiger partial charge in [-0.05, 0) is 19.3 Å². The molecule has 1 saturated carbocycles. The Hall–Kier alpha value is -1.06. The van der Waals surface area contributed by atoms with Crippen LogP contribution in [0, 0.1) is 11.8 Å². The molecule has 2 atom stereocenters. The van der Waals surface area contributed by atoms with E-state index in [1.54, 1.807) is 0 Å². The molecule has 0 bridgehead atoms. The highest BCUT2D eigenvalue weighted by atomic mass is 16.2. The third kappa shape index (κ3) is 1.66. The number of carbonyl (C=O) groups is 2. The topological polar surface area (TPSA) is 63.2 Å². The van der Waals surface area contributed by atoms with E-state index in [1.807, 2.05) is 4.90 Å². The van der Waals surface area contributed by atoms with Gasteiger partial charge in [-0.1, -0.05) is 0 Å². The molecule has 2 fully saturated rings. The zero-order valence-corrected chi connectivity index (χ0v) is 7.53. The first-order chi connectivity index (χ1) is 6.18. The van der Waals surface area contributed by atoms with Gasteiger partial charge in [-0.25, -0.2) is 0 Å². The first-order valence-corrected chi connectivity index (χ1v) is 4.76. The summed E-state index contributed by atoms with van der Waals surface area (Å²) in [6.07, 6.45) is 2.30. The summed E-state index contributed by atoms with van der Waals surface area (Å²) in [5, 5.41) is 0. The van der Waals surface area contributed by atoms with Crippen molar-refractivity contribution in [3.63, 3.8) is 0 Å². The molecular weight excluding hydrogens is 168 g/mol. The second kappa shape index (κ2) is 3.01. The van der Waals surface area contributed by atoms with Crippen LogP contribution in [0.4, 0.5) is 0 Å². The van der Waals surface area contributed by atoms with Gasteiger partial charge in [0.05, 0.1) is 0 Å². The summed E-state index contributed by atoms with van der Waals surface area (Å²) in [6.45, 7) is 1.80. The second-order valence-electron chi connectivity index (χ2n) is 3.93. The van der Waals surface area contributed by atoms with E-state index >= 15 is 0 Å². The van der Waals surface area contributed by atoms with E-state index in [2.05, 4.69) is 0 Å². The van der Waals surface area contributed by atoms with E-state index in [-0.39, 0.29) is 23.7 Å². The number of amides is 2. The molecule has 0 spiro atoms. The average molecular weight is 182 g/mol. The molecule has 0 aromatic rings. The summed E-state index contributed by atoms with van der Waals surface area (Å²) in [6, 6.07) is 0. The van der Waals surface area contributed by atoms with E-state index < -0.39 is 0 Å². The molecule has 2 aliphatic rings. The molecule has 1 aliphatic carbocycles. The Morgan fingerprint density at radius 2 is 1.77 bits per heavy atom.